The molecule has 0 spiro atoms. The molecule has 4 heteroatoms. The fourth-order valence-electron chi connectivity index (χ4n) is 2.01. The molecule has 1 aliphatic rings. The van der Waals surface area contributed by atoms with E-state index in [9.17, 15) is 4.39 Å². The van der Waals surface area contributed by atoms with Crippen molar-refractivity contribution in [2.24, 2.45) is 11.7 Å². The van der Waals surface area contributed by atoms with Crippen molar-refractivity contribution < 1.29 is 4.39 Å². The van der Waals surface area contributed by atoms with E-state index in [0.717, 1.165) is 12.8 Å². The largest absolute Gasteiger partial charge is 0.321 e. The van der Waals surface area contributed by atoms with Crippen molar-refractivity contribution >= 4 is 0 Å². The van der Waals surface area contributed by atoms with Crippen LogP contribution in [-0.2, 0) is 0 Å². The highest BCUT2D eigenvalue weighted by Crippen LogP contribution is 2.38. The number of hydrogen-bond donors (Lipinski definition) is 1. The van der Waals surface area contributed by atoms with Gasteiger partial charge >= 0.3 is 0 Å². The van der Waals surface area contributed by atoms with Gasteiger partial charge in [-0.05, 0) is 24.8 Å². The Morgan fingerprint density at radius 1 is 1.17 bits per heavy atom. The second kappa shape index (κ2) is 4.46. The zero-order valence-corrected chi connectivity index (χ0v) is 9.88. The van der Waals surface area contributed by atoms with E-state index in [1.165, 1.54) is 6.07 Å². The summed E-state index contributed by atoms with van der Waals surface area (Å²) in [5.74, 6) is 0.905. The molecule has 1 saturated carbocycles. The van der Waals surface area contributed by atoms with Crippen LogP contribution in [0, 0.1) is 11.7 Å². The molecule has 1 aliphatic carbocycles. The maximum absolute atomic E-state index is 13.6. The maximum atomic E-state index is 13.6. The topological polar surface area (TPSA) is 51.8 Å². The predicted molar refractivity (Wildman–Crippen MR) is 67.1 cm³/mol. The Morgan fingerprint density at radius 3 is 2.44 bits per heavy atom. The Kier molecular flexibility index (Phi) is 2.80. The molecular formula is C14H14FN3. The predicted octanol–water partition coefficient (Wildman–Crippen LogP) is 2.69. The zero-order chi connectivity index (χ0) is 12.5. The van der Waals surface area contributed by atoms with Crippen molar-refractivity contribution in [3.8, 4) is 11.1 Å². The van der Waals surface area contributed by atoms with E-state index in [2.05, 4.69) is 9.97 Å². The normalized spacial score (nSPS) is 16.6. The van der Waals surface area contributed by atoms with Crippen LogP contribution in [0.25, 0.3) is 11.1 Å². The monoisotopic (exact) mass is 243 g/mol. The third-order valence-electron chi connectivity index (χ3n) is 3.28. The zero-order valence-electron chi connectivity index (χ0n) is 9.88. The number of halogens is 1. The van der Waals surface area contributed by atoms with Gasteiger partial charge in [-0.25, -0.2) is 14.4 Å². The summed E-state index contributed by atoms with van der Waals surface area (Å²) in [7, 11) is 0. The number of nitrogens with zero attached hydrogens (tertiary/aromatic N) is 2. The molecule has 1 atom stereocenters. The molecule has 18 heavy (non-hydrogen) atoms. The fourth-order valence-corrected chi connectivity index (χ4v) is 2.01. The first-order valence-corrected chi connectivity index (χ1v) is 6.08. The smallest absolute Gasteiger partial charge is 0.145 e. The van der Waals surface area contributed by atoms with E-state index in [-0.39, 0.29) is 11.9 Å². The summed E-state index contributed by atoms with van der Waals surface area (Å²) >= 11 is 0. The fraction of sp³-hybridized carbons (Fsp3) is 0.286. The second-order valence-electron chi connectivity index (χ2n) is 4.67. The lowest BCUT2D eigenvalue weighted by Crippen LogP contribution is -2.15. The summed E-state index contributed by atoms with van der Waals surface area (Å²) in [6.07, 6.45) is 5.59. The van der Waals surface area contributed by atoms with Crippen LogP contribution < -0.4 is 5.73 Å². The lowest BCUT2D eigenvalue weighted by Gasteiger charge is -2.09. The van der Waals surface area contributed by atoms with Gasteiger partial charge < -0.3 is 5.73 Å². The molecule has 0 amide bonds. The minimum absolute atomic E-state index is 0.0836. The van der Waals surface area contributed by atoms with Gasteiger partial charge in [0.15, 0.2) is 0 Å². The van der Waals surface area contributed by atoms with E-state index in [0.29, 0.717) is 22.9 Å². The van der Waals surface area contributed by atoms with Crippen molar-refractivity contribution in [3.05, 3.63) is 48.3 Å². The van der Waals surface area contributed by atoms with Crippen LogP contribution in [0.5, 0.6) is 0 Å². The van der Waals surface area contributed by atoms with Crippen LogP contribution in [-0.4, -0.2) is 9.97 Å². The average Bonchev–Trinajstić information content (AvgIpc) is 3.23. The van der Waals surface area contributed by atoms with Crippen LogP contribution in [0.1, 0.15) is 24.7 Å². The molecule has 1 fully saturated rings. The third-order valence-corrected chi connectivity index (χ3v) is 3.28. The SMILES string of the molecule is NC(c1ncc(-c2ccccc2F)cn1)C1CC1. The average molecular weight is 243 g/mol. The van der Waals surface area contributed by atoms with Crippen molar-refractivity contribution in [2.45, 2.75) is 18.9 Å². The molecule has 0 bridgehead atoms. The van der Waals surface area contributed by atoms with Gasteiger partial charge in [-0.15, -0.1) is 0 Å². The first-order valence-electron chi connectivity index (χ1n) is 6.08. The van der Waals surface area contributed by atoms with Crippen LogP contribution in [0.3, 0.4) is 0 Å². The first kappa shape index (κ1) is 11.3. The lowest BCUT2D eigenvalue weighted by molar-refractivity contribution is 0.593. The van der Waals surface area contributed by atoms with Crippen LogP contribution in [0.15, 0.2) is 36.7 Å². The molecule has 1 heterocycles. The number of nitrogens with two attached hydrogens (primary N) is 1. The van der Waals surface area contributed by atoms with Gasteiger partial charge in [0, 0.05) is 23.5 Å². The van der Waals surface area contributed by atoms with Crippen molar-refractivity contribution in [3.63, 3.8) is 0 Å². The number of benzene rings is 1. The molecule has 0 saturated heterocycles. The highest BCUT2D eigenvalue weighted by Gasteiger charge is 2.31. The summed E-state index contributed by atoms with van der Waals surface area (Å²) in [5.41, 5.74) is 7.22. The van der Waals surface area contributed by atoms with Gasteiger partial charge in [-0.2, -0.15) is 0 Å². The van der Waals surface area contributed by atoms with Gasteiger partial charge in [-0.1, -0.05) is 18.2 Å². The summed E-state index contributed by atoms with van der Waals surface area (Å²) in [6, 6.07) is 6.52. The molecule has 3 nitrogen and oxygen atoms in total. The number of hydrogen-bond acceptors (Lipinski definition) is 3. The van der Waals surface area contributed by atoms with Crippen molar-refractivity contribution in [1.29, 1.82) is 0 Å². The van der Waals surface area contributed by atoms with Crippen molar-refractivity contribution in [1.82, 2.24) is 9.97 Å². The minimum Gasteiger partial charge on any atom is -0.321 e. The highest BCUT2D eigenvalue weighted by molar-refractivity contribution is 5.61. The molecule has 1 aromatic heterocycles. The van der Waals surface area contributed by atoms with E-state index in [4.69, 9.17) is 5.73 Å². The number of aromatic nitrogens is 2. The summed E-state index contributed by atoms with van der Waals surface area (Å²) in [4.78, 5) is 8.51. The molecule has 92 valence electrons. The van der Waals surface area contributed by atoms with Crippen LogP contribution >= 0.6 is 0 Å². The Bertz CT molecular complexity index is 549. The van der Waals surface area contributed by atoms with E-state index < -0.39 is 0 Å². The standard InChI is InChI=1S/C14H14FN3/c15-12-4-2-1-3-11(12)10-7-17-14(18-8-10)13(16)9-5-6-9/h1-4,7-9,13H,5-6,16H2. The third kappa shape index (κ3) is 2.11. The summed E-state index contributed by atoms with van der Waals surface area (Å²) < 4.78 is 13.6. The first-order chi connectivity index (χ1) is 8.75. The van der Waals surface area contributed by atoms with Crippen LogP contribution in [0.2, 0.25) is 0 Å². The van der Waals surface area contributed by atoms with Gasteiger partial charge in [0.2, 0.25) is 0 Å². The molecule has 1 unspecified atom stereocenters. The van der Waals surface area contributed by atoms with Gasteiger partial charge in [0.05, 0.1) is 6.04 Å². The molecule has 0 radical (unpaired) electrons. The molecule has 1 aromatic carbocycles. The van der Waals surface area contributed by atoms with E-state index in [1.54, 1.807) is 30.6 Å². The Hall–Kier alpha value is -1.81. The molecule has 3 rings (SSSR count). The Balaban J connectivity index is 1.89. The highest BCUT2D eigenvalue weighted by atomic mass is 19.1. The Labute approximate surface area is 105 Å². The molecular weight excluding hydrogens is 229 g/mol. The lowest BCUT2D eigenvalue weighted by atomic mass is 10.1. The summed E-state index contributed by atoms with van der Waals surface area (Å²) in [5, 5.41) is 0. The van der Waals surface area contributed by atoms with Gasteiger partial charge in [0.25, 0.3) is 0 Å². The van der Waals surface area contributed by atoms with Gasteiger partial charge in [0.1, 0.15) is 11.6 Å². The quantitative estimate of drug-likeness (QED) is 0.901. The maximum Gasteiger partial charge on any atom is 0.145 e. The number of rotatable bonds is 3. The molecule has 2 N–H and O–H groups in total. The Morgan fingerprint density at radius 2 is 1.83 bits per heavy atom. The summed E-state index contributed by atoms with van der Waals surface area (Å²) in [6.45, 7) is 0. The molecule has 0 aliphatic heterocycles. The van der Waals surface area contributed by atoms with Gasteiger partial charge in [-0.3, -0.25) is 0 Å². The second-order valence-corrected chi connectivity index (χ2v) is 4.67. The van der Waals surface area contributed by atoms with E-state index >= 15 is 0 Å². The van der Waals surface area contributed by atoms with Crippen molar-refractivity contribution in [2.75, 3.05) is 0 Å². The van der Waals surface area contributed by atoms with Crippen LogP contribution in [0.4, 0.5) is 4.39 Å². The molecule has 2 aromatic rings. The minimum atomic E-state index is -0.264. The van der Waals surface area contributed by atoms with E-state index in [1.807, 2.05) is 0 Å².